The zero-order chi connectivity index (χ0) is 14.7. The number of halogens is 2. The number of aromatic nitrogens is 1. The number of rotatable bonds is 4. The summed E-state index contributed by atoms with van der Waals surface area (Å²) < 4.78 is 32.8. The first kappa shape index (κ1) is 14.2. The normalized spacial score (nSPS) is 10.6. The van der Waals surface area contributed by atoms with Gasteiger partial charge in [0, 0.05) is 18.4 Å². The molecule has 0 amide bonds. The van der Waals surface area contributed by atoms with Crippen LogP contribution in [0.5, 0.6) is 0 Å². The van der Waals surface area contributed by atoms with E-state index in [0.29, 0.717) is 24.3 Å². The van der Waals surface area contributed by atoms with Crippen LogP contribution in [0.15, 0.2) is 30.5 Å². The predicted octanol–water partition coefficient (Wildman–Crippen LogP) is 3.30. The number of benzene rings is 1. The van der Waals surface area contributed by atoms with Gasteiger partial charge in [0.15, 0.2) is 11.6 Å². The minimum absolute atomic E-state index is 0.312. The summed E-state index contributed by atoms with van der Waals surface area (Å²) >= 11 is 0. The van der Waals surface area contributed by atoms with Gasteiger partial charge in [-0.15, -0.1) is 0 Å². The fraction of sp³-hybridized carbons (Fsp3) is 0.267. The Bertz CT molecular complexity index is 635. The largest absolute Gasteiger partial charge is 0.462 e. The Morgan fingerprint density at radius 1 is 1.25 bits per heavy atom. The van der Waals surface area contributed by atoms with Gasteiger partial charge in [-0.25, -0.2) is 13.6 Å². The second-order valence-electron chi connectivity index (χ2n) is 4.41. The molecule has 0 fully saturated rings. The van der Waals surface area contributed by atoms with E-state index in [2.05, 4.69) is 0 Å². The smallest absolute Gasteiger partial charge is 0.339 e. The number of carbonyl (C=O) groups is 1. The Kier molecular flexibility index (Phi) is 4.17. The van der Waals surface area contributed by atoms with Crippen molar-refractivity contribution in [1.29, 1.82) is 0 Å². The molecule has 0 aliphatic carbocycles. The highest BCUT2D eigenvalue weighted by molar-refractivity contribution is 5.90. The van der Waals surface area contributed by atoms with E-state index in [4.69, 9.17) is 4.74 Å². The minimum atomic E-state index is -0.877. The van der Waals surface area contributed by atoms with Crippen LogP contribution in [-0.2, 0) is 11.3 Å². The van der Waals surface area contributed by atoms with Gasteiger partial charge in [0.25, 0.3) is 0 Å². The Labute approximate surface area is 115 Å². The van der Waals surface area contributed by atoms with Crippen molar-refractivity contribution >= 4 is 5.97 Å². The Morgan fingerprint density at radius 3 is 2.65 bits per heavy atom. The molecule has 0 spiro atoms. The van der Waals surface area contributed by atoms with E-state index in [-0.39, 0.29) is 5.97 Å². The first-order chi connectivity index (χ1) is 9.52. The van der Waals surface area contributed by atoms with Crippen molar-refractivity contribution in [3.05, 3.63) is 58.9 Å². The number of nitrogens with zero attached hydrogens (tertiary/aromatic N) is 1. The molecule has 0 bridgehead atoms. The Hall–Kier alpha value is -2.17. The van der Waals surface area contributed by atoms with E-state index in [1.165, 1.54) is 6.07 Å². The highest BCUT2D eigenvalue weighted by Crippen LogP contribution is 2.15. The molecule has 3 nitrogen and oxygen atoms in total. The second-order valence-corrected chi connectivity index (χ2v) is 4.41. The average Bonchev–Trinajstić information content (AvgIpc) is 2.76. The van der Waals surface area contributed by atoms with Crippen LogP contribution in [0.3, 0.4) is 0 Å². The number of esters is 1. The average molecular weight is 279 g/mol. The lowest BCUT2D eigenvalue weighted by Gasteiger charge is -2.08. The number of carbonyl (C=O) groups excluding carboxylic acids is 1. The van der Waals surface area contributed by atoms with E-state index in [0.717, 1.165) is 17.8 Å². The van der Waals surface area contributed by atoms with E-state index >= 15 is 0 Å². The lowest BCUT2D eigenvalue weighted by molar-refractivity contribution is 0.0525. The number of hydrogen-bond donors (Lipinski definition) is 0. The van der Waals surface area contributed by atoms with Gasteiger partial charge in [-0.1, -0.05) is 6.07 Å². The van der Waals surface area contributed by atoms with Crippen LogP contribution >= 0.6 is 0 Å². The maximum Gasteiger partial charge on any atom is 0.339 e. The molecule has 2 aromatic rings. The lowest BCUT2D eigenvalue weighted by atomic mass is 10.2. The van der Waals surface area contributed by atoms with Crippen LogP contribution in [0.25, 0.3) is 0 Å². The summed E-state index contributed by atoms with van der Waals surface area (Å²) in [6, 6.07) is 5.42. The highest BCUT2D eigenvalue weighted by Gasteiger charge is 2.14. The van der Waals surface area contributed by atoms with Crippen LogP contribution in [-0.4, -0.2) is 17.1 Å². The summed E-state index contributed by atoms with van der Waals surface area (Å²) in [5, 5.41) is 0. The summed E-state index contributed by atoms with van der Waals surface area (Å²) in [5.41, 5.74) is 1.83. The molecule has 5 heteroatoms. The molecular weight excluding hydrogens is 264 g/mol. The van der Waals surface area contributed by atoms with E-state index in [1.807, 2.05) is 0 Å². The van der Waals surface area contributed by atoms with Gasteiger partial charge >= 0.3 is 5.97 Å². The lowest BCUT2D eigenvalue weighted by Crippen LogP contribution is -2.08. The van der Waals surface area contributed by atoms with E-state index in [9.17, 15) is 13.6 Å². The van der Waals surface area contributed by atoms with Crippen molar-refractivity contribution in [2.75, 3.05) is 6.61 Å². The number of hydrogen-bond acceptors (Lipinski definition) is 2. The van der Waals surface area contributed by atoms with Gasteiger partial charge in [0.1, 0.15) is 0 Å². The summed E-state index contributed by atoms with van der Waals surface area (Å²) in [5.74, 6) is -2.13. The molecule has 0 saturated heterocycles. The molecule has 1 heterocycles. The quantitative estimate of drug-likeness (QED) is 0.804. The third kappa shape index (κ3) is 2.87. The van der Waals surface area contributed by atoms with Gasteiger partial charge < -0.3 is 9.30 Å². The molecule has 0 radical (unpaired) electrons. The predicted molar refractivity (Wildman–Crippen MR) is 70.6 cm³/mol. The van der Waals surface area contributed by atoms with Crippen molar-refractivity contribution in [2.45, 2.75) is 20.4 Å². The highest BCUT2D eigenvalue weighted by atomic mass is 19.2. The minimum Gasteiger partial charge on any atom is -0.462 e. The van der Waals surface area contributed by atoms with E-state index in [1.54, 1.807) is 30.7 Å². The maximum absolute atomic E-state index is 13.2. The molecule has 20 heavy (non-hydrogen) atoms. The standard InChI is InChI=1S/C15H15F2NO2/c1-3-20-15(19)12-6-7-18(10(12)2)9-11-4-5-13(16)14(17)8-11/h4-8H,3,9H2,1-2H3. The Balaban J connectivity index is 2.22. The van der Waals surface area contributed by atoms with Crippen LogP contribution in [0.2, 0.25) is 0 Å². The van der Waals surface area contributed by atoms with Crippen LogP contribution in [0.4, 0.5) is 8.78 Å². The zero-order valence-corrected chi connectivity index (χ0v) is 11.3. The summed E-state index contributed by atoms with van der Waals surface area (Å²) in [6.45, 7) is 4.20. The SMILES string of the molecule is CCOC(=O)c1ccn(Cc2ccc(F)c(F)c2)c1C. The molecule has 1 aromatic heterocycles. The fourth-order valence-electron chi connectivity index (χ4n) is 1.98. The van der Waals surface area contributed by atoms with Crippen LogP contribution in [0.1, 0.15) is 28.5 Å². The summed E-state index contributed by atoms with van der Waals surface area (Å²) in [4.78, 5) is 11.7. The van der Waals surface area contributed by atoms with Gasteiger partial charge in [0.2, 0.25) is 0 Å². The molecule has 2 rings (SSSR count). The molecule has 0 atom stereocenters. The third-order valence-electron chi connectivity index (χ3n) is 3.07. The van der Waals surface area contributed by atoms with E-state index < -0.39 is 11.6 Å². The van der Waals surface area contributed by atoms with Crippen molar-refractivity contribution in [1.82, 2.24) is 4.57 Å². The zero-order valence-electron chi connectivity index (χ0n) is 11.3. The van der Waals surface area contributed by atoms with Crippen LogP contribution < -0.4 is 0 Å². The molecule has 0 aliphatic heterocycles. The van der Waals surface area contributed by atoms with Gasteiger partial charge in [-0.2, -0.15) is 0 Å². The van der Waals surface area contributed by atoms with Gasteiger partial charge in [0.05, 0.1) is 12.2 Å². The maximum atomic E-state index is 13.2. The second kappa shape index (κ2) is 5.86. The first-order valence-corrected chi connectivity index (χ1v) is 6.29. The van der Waals surface area contributed by atoms with Crippen LogP contribution in [0, 0.1) is 18.6 Å². The molecule has 106 valence electrons. The monoisotopic (exact) mass is 279 g/mol. The van der Waals surface area contributed by atoms with Crippen molar-refractivity contribution < 1.29 is 18.3 Å². The number of ether oxygens (including phenoxy) is 1. The molecule has 1 aromatic carbocycles. The van der Waals surface area contributed by atoms with Crippen molar-refractivity contribution in [3.8, 4) is 0 Å². The fourth-order valence-corrected chi connectivity index (χ4v) is 1.98. The Morgan fingerprint density at radius 2 is 2.00 bits per heavy atom. The first-order valence-electron chi connectivity index (χ1n) is 6.29. The molecule has 0 N–H and O–H groups in total. The molecule has 0 saturated carbocycles. The summed E-state index contributed by atoms with van der Waals surface area (Å²) in [7, 11) is 0. The van der Waals surface area contributed by atoms with Gasteiger partial charge in [-0.3, -0.25) is 0 Å². The molecule has 0 aliphatic rings. The summed E-state index contributed by atoms with van der Waals surface area (Å²) in [6.07, 6.45) is 1.73. The van der Waals surface area contributed by atoms with Gasteiger partial charge in [-0.05, 0) is 37.6 Å². The molecule has 0 unspecified atom stereocenters. The van der Waals surface area contributed by atoms with Crippen molar-refractivity contribution in [3.63, 3.8) is 0 Å². The third-order valence-corrected chi connectivity index (χ3v) is 3.07. The molecular formula is C15H15F2NO2. The topological polar surface area (TPSA) is 31.2 Å². The van der Waals surface area contributed by atoms with Crippen molar-refractivity contribution in [2.24, 2.45) is 0 Å².